The van der Waals surface area contributed by atoms with Gasteiger partial charge in [-0.3, -0.25) is 4.79 Å². The van der Waals surface area contributed by atoms with Gasteiger partial charge in [-0.1, -0.05) is 43.7 Å². The molecule has 0 amide bonds. The van der Waals surface area contributed by atoms with Crippen LogP contribution in [0.3, 0.4) is 0 Å². The molecule has 0 saturated heterocycles. The largest absolute Gasteiger partial charge is 0.462 e. The fourth-order valence-corrected chi connectivity index (χ4v) is 9.24. The van der Waals surface area contributed by atoms with Crippen LogP contribution in [0.5, 0.6) is 0 Å². The summed E-state index contributed by atoms with van der Waals surface area (Å²) in [4.78, 5) is 20.3. The molecule has 1 N–H and O–H groups in total. The quantitative estimate of drug-likeness (QED) is 0.311. The predicted octanol–water partition coefficient (Wildman–Crippen LogP) is 6.93. The fraction of sp³-hybridized carbons (Fsp3) is 0.548. The van der Waals surface area contributed by atoms with Gasteiger partial charge in [0.1, 0.15) is 11.8 Å². The molecular weight excluding hydrogens is 432 g/mol. The van der Waals surface area contributed by atoms with Crippen molar-refractivity contribution >= 4 is 27.9 Å². The zero-order valence-electron chi connectivity index (χ0n) is 21.4. The summed E-state index contributed by atoms with van der Waals surface area (Å²) in [6.07, 6.45) is 10.6. The molecule has 2 saturated carbocycles. The molecule has 1 aromatic carbocycles. The molecule has 2 aromatic heterocycles. The third kappa shape index (κ3) is 2.86. The summed E-state index contributed by atoms with van der Waals surface area (Å²) in [6, 6.07) is 8.71. The number of hydrogen-bond donors (Lipinski definition) is 1. The van der Waals surface area contributed by atoms with Gasteiger partial charge in [0.05, 0.1) is 0 Å². The lowest BCUT2D eigenvalue weighted by molar-refractivity contribution is -0.148. The number of aromatic nitrogens is 2. The van der Waals surface area contributed by atoms with Gasteiger partial charge in [0.2, 0.25) is 0 Å². The van der Waals surface area contributed by atoms with Crippen LogP contribution in [0.1, 0.15) is 76.1 Å². The second kappa shape index (κ2) is 7.21. The average Bonchev–Trinajstić information content (AvgIpc) is 3.34. The molecule has 0 spiro atoms. The molecule has 2 fully saturated rings. The second-order valence-electron chi connectivity index (χ2n) is 12.3. The first kappa shape index (κ1) is 21.6. The minimum atomic E-state index is -0.141. The number of aromatic amines is 1. The first-order valence-corrected chi connectivity index (χ1v) is 13.6. The molecule has 182 valence electrons. The van der Waals surface area contributed by atoms with Crippen molar-refractivity contribution in [3.63, 3.8) is 0 Å². The normalized spacial score (nSPS) is 35.7. The Balaban J connectivity index is 1.30. The first-order valence-electron chi connectivity index (χ1n) is 13.6. The number of esters is 1. The number of fused-ring (bicyclic) bond motifs is 11. The van der Waals surface area contributed by atoms with Crippen molar-refractivity contribution in [2.45, 2.75) is 84.2 Å². The number of H-pyrrole nitrogens is 1. The van der Waals surface area contributed by atoms with Crippen molar-refractivity contribution in [2.24, 2.45) is 23.2 Å². The molecular formula is C31H36N2O2. The Kier molecular flexibility index (Phi) is 4.46. The number of hydrogen-bond acceptors (Lipinski definition) is 3. The second-order valence-corrected chi connectivity index (χ2v) is 12.3. The van der Waals surface area contributed by atoms with E-state index in [1.807, 2.05) is 0 Å². The molecule has 0 bridgehead atoms. The smallest absolute Gasteiger partial charge is 0.302 e. The van der Waals surface area contributed by atoms with E-state index in [1.165, 1.54) is 47.7 Å². The van der Waals surface area contributed by atoms with Crippen LogP contribution < -0.4 is 0 Å². The lowest BCUT2D eigenvalue weighted by atomic mass is 9.47. The molecule has 0 radical (unpaired) electrons. The molecule has 7 rings (SSSR count). The summed E-state index contributed by atoms with van der Waals surface area (Å²) < 4.78 is 5.64. The van der Waals surface area contributed by atoms with Crippen LogP contribution in [0, 0.1) is 30.1 Å². The number of nitrogens with one attached hydrogen (secondary N) is 1. The minimum absolute atomic E-state index is 0.0665. The van der Waals surface area contributed by atoms with Gasteiger partial charge in [0.25, 0.3) is 0 Å². The molecule has 35 heavy (non-hydrogen) atoms. The highest BCUT2D eigenvalue weighted by Gasteiger charge is 2.58. The third-order valence-electron chi connectivity index (χ3n) is 10.7. The zero-order valence-corrected chi connectivity index (χ0v) is 21.4. The van der Waals surface area contributed by atoms with Crippen LogP contribution in [0.25, 0.3) is 21.9 Å². The van der Waals surface area contributed by atoms with E-state index in [2.05, 4.69) is 56.1 Å². The summed E-state index contributed by atoms with van der Waals surface area (Å²) in [5, 5.41) is 2.69. The number of ether oxygens (including phenoxy) is 1. The molecule has 0 unspecified atom stereocenters. The molecule has 4 aliphatic rings. The summed E-state index contributed by atoms with van der Waals surface area (Å²) in [7, 11) is 0. The van der Waals surface area contributed by atoms with E-state index in [4.69, 9.17) is 9.72 Å². The fourth-order valence-electron chi connectivity index (χ4n) is 9.24. The van der Waals surface area contributed by atoms with Crippen LogP contribution in [-0.4, -0.2) is 22.0 Å². The van der Waals surface area contributed by atoms with E-state index in [0.717, 1.165) is 30.8 Å². The van der Waals surface area contributed by atoms with Gasteiger partial charge >= 0.3 is 5.97 Å². The highest BCUT2D eigenvalue weighted by atomic mass is 16.5. The van der Waals surface area contributed by atoms with E-state index in [9.17, 15) is 4.79 Å². The number of nitrogens with zero attached hydrogens (tertiary/aromatic N) is 1. The summed E-state index contributed by atoms with van der Waals surface area (Å²) in [5.41, 5.74) is 8.62. The molecule has 0 aliphatic heterocycles. The number of pyridine rings is 1. The van der Waals surface area contributed by atoms with Gasteiger partial charge in [-0.2, -0.15) is 0 Å². The summed E-state index contributed by atoms with van der Waals surface area (Å²) in [5.74, 6) is 1.95. The summed E-state index contributed by atoms with van der Waals surface area (Å²) in [6.45, 7) is 8.85. The summed E-state index contributed by atoms with van der Waals surface area (Å²) >= 11 is 0. The predicted molar refractivity (Wildman–Crippen MR) is 139 cm³/mol. The Morgan fingerprint density at radius 2 is 1.89 bits per heavy atom. The molecule has 2 heterocycles. The van der Waals surface area contributed by atoms with Gasteiger partial charge < -0.3 is 9.72 Å². The maximum absolute atomic E-state index is 11.6. The van der Waals surface area contributed by atoms with Gasteiger partial charge in [-0.25, -0.2) is 4.98 Å². The lowest BCUT2D eigenvalue weighted by Crippen LogP contribution is -2.51. The monoisotopic (exact) mass is 468 g/mol. The van der Waals surface area contributed by atoms with Gasteiger partial charge in [0, 0.05) is 35.3 Å². The van der Waals surface area contributed by atoms with Crippen molar-refractivity contribution < 1.29 is 9.53 Å². The molecule has 4 nitrogen and oxygen atoms in total. The van der Waals surface area contributed by atoms with Gasteiger partial charge in [0.15, 0.2) is 0 Å². The van der Waals surface area contributed by atoms with E-state index in [1.54, 1.807) is 23.6 Å². The highest BCUT2D eigenvalue weighted by Crippen LogP contribution is 2.65. The third-order valence-corrected chi connectivity index (χ3v) is 10.7. The molecule has 4 aliphatic carbocycles. The van der Waals surface area contributed by atoms with E-state index < -0.39 is 0 Å². The highest BCUT2D eigenvalue weighted by molar-refractivity contribution is 6.08. The standard InChI is InChI=1S/C31H36N2O2/c1-17-28-23(27-22-7-5-6-8-26(22)33-29(27)32-17)16-25-21-10-9-19-15-20(35-18(2)34)11-13-30(19,3)24(21)12-14-31(25,28)4/h5-9,20-21,24-25H,10-16H2,1-4H3,(H,32,33)/t20-,21+,24-,25-,30-,31-/m0/s1. The number of para-hydroxylation sites is 1. The Hall–Kier alpha value is -2.62. The maximum atomic E-state index is 11.6. The number of aryl methyl sites for hydroxylation is 1. The number of allylic oxidation sites excluding steroid dienone is 1. The van der Waals surface area contributed by atoms with Crippen molar-refractivity contribution in [1.29, 1.82) is 0 Å². The van der Waals surface area contributed by atoms with Crippen molar-refractivity contribution in [1.82, 2.24) is 9.97 Å². The molecule has 6 atom stereocenters. The van der Waals surface area contributed by atoms with E-state index in [0.29, 0.717) is 11.8 Å². The number of carbonyl (C=O) groups excluding carboxylic acids is 1. The Labute approximate surface area is 207 Å². The van der Waals surface area contributed by atoms with Crippen LogP contribution in [-0.2, 0) is 21.4 Å². The lowest BCUT2D eigenvalue weighted by Gasteiger charge is -2.57. The van der Waals surface area contributed by atoms with Crippen LogP contribution in [0.15, 0.2) is 35.9 Å². The van der Waals surface area contributed by atoms with Crippen LogP contribution in [0.2, 0.25) is 0 Å². The molecule has 4 heteroatoms. The van der Waals surface area contributed by atoms with Crippen LogP contribution in [0.4, 0.5) is 0 Å². The van der Waals surface area contributed by atoms with Crippen molar-refractivity contribution in [3.8, 4) is 0 Å². The van der Waals surface area contributed by atoms with Gasteiger partial charge in [-0.15, -0.1) is 0 Å². The Bertz CT molecular complexity index is 1420. The first-order chi connectivity index (χ1) is 16.8. The minimum Gasteiger partial charge on any atom is -0.462 e. The van der Waals surface area contributed by atoms with Gasteiger partial charge in [-0.05, 0) is 91.2 Å². The molecule has 3 aromatic rings. The zero-order chi connectivity index (χ0) is 24.1. The SMILES string of the molecule is CC(=O)O[C@H]1CC[C@@]2(C)C(=CC[C@@H]3[C@@H]2CC[C@]2(C)c4c(C)nc5[nH]c6ccccc6c5c4C[C@@H]32)C1. The number of rotatable bonds is 1. The van der Waals surface area contributed by atoms with Crippen molar-refractivity contribution in [2.75, 3.05) is 0 Å². The maximum Gasteiger partial charge on any atom is 0.302 e. The topological polar surface area (TPSA) is 55.0 Å². The van der Waals surface area contributed by atoms with Crippen molar-refractivity contribution in [3.05, 3.63) is 52.7 Å². The van der Waals surface area contributed by atoms with E-state index in [-0.39, 0.29) is 22.9 Å². The van der Waals surface area contributed by atoms with E-state index >= 15 is 0 Å². The number of benzene rings is 1. The average molecular weight is 469 g/mol. The Morgan fingerprint density at radius 1 is 1.09 bits per heavy atom. The Morgan fingerprint density at radius 3 is 2.71 bits per heavy atom. The van der Waals surface area contributed by atoms with Crippen LogP contribution >= 0.6 is 0 Å². The number of carbonyl (C=O) groups is 1.